The summed E-state index contributed by atoms with van der Waals surface area (Å²) in [5.74, 6) is 1.83. The Morgan fingerprint density at radius 3 is 2.56 bits per heavy atom. The van der Waals surface area contributed by atoms with Crippen LogP contribution in [0.1, 0.15) is 49.6 Å². The molecule has 2 aromatic heterocycles. The third-order valence-corrected chi connectivity index (χ3v) is 6.45. The predicted octanol–water partition coefficient (Wildman–Crippen LogP) is 5.49. The van der Waals surface area contributed by atoms with Crippen LogP contribution in [0.5, 0.6) is 11.5 Å². The van der Waals surface area contributed by atoms with E-state index in [-0.39, 0.29) is 5.56 Å². The van der Waals surface area contributed by atoms with Crippen LogP contribution in [-0.4, -0.2) is 28.3 Å². The Hall–Kier alpha value is -3.16. The molecule has 0 unspecified atom stereocenters. The minimum Gasteiger partial charge on any atom is -0.493 e. The van der Waals surface area contributed by atoms with E-state index in [4.69, 9.17) is 21.1 Å². The number of methoxy groups -OCH3 is 1. The van der Waals surface area contributed by atoms with E-state index in [1.54, 1.807) is 13.2 Å². The van der Waals surface area contributed by atoms with Crippen molar-refractivity contribution >= 4 is 46.1 Å². The SMILES string of the molecule is CCCCCCOc1ccc(/C=c2\sc3nc(/C=C/c4ccc(Cl)cc4)nn3c2=O)cc1OC. The lowest BCUT2D eigenvalue weighted by molar-refractivity contribution is 0.285. The monoisotopic (exact) mass is 495 g/mol. The molecule has 0 saturated heterocycles. The molecular formula is C26H26ClN3O3S. The number of benzene rings is 2. The Balaban J connectivity index is 1.51. The molecule has 0 aliphatic carbocycles. The zero-order valence-electron chi connectivity index (χ0n) is 19.2. The number of aromatic nitrogens is 3. The number of fused-ring (bicyclic) bond motifs is 1. The normalized spacial score (nSPS) is 12.1. The molecule has 0 radical (unpaired) electrons. The lowest BCUT2D eigenvalue weighted by Gasteiger charge is -2.11. The van der Waals surface area contributed by atoms with Crippen molar-refractivity contribution in [1.82, 2.24) is 14.6 Å². The number of hydrogen-bond donors (Lipinski definition) is 0. The van der Waals surface area contributed by atoms with Crippen LogP contribution in [0.4, 0.5) is 0 Å². The standard InChI is InChI=1S/C26H26ClN3O3S/c1-3-4-5-6-15-33-21-13-9-19(16-22(21)32-2)17-23-25(31)30-26(34-23)28-24(29-30)14-10-18-7-11-20(27)12-8-18/h7-14,16-17H,3-6,15H2,1-2H3/b14-10+,23-17-. The van der Waals surface area contributed by atoms with Gasteiger partial charge in [-0.15, -0.1) is 5.10 Å². The summed E-state index contributed by atoms with van der Waals surface area (Å²) in [6.07, 6.45) is 10.1. The molecule has 176 valence electrons. The molecule has 0 spiro atoms. The Morgan fingerprint density at radius 2 is 1.82 bits per heavy atom. The third kappa shape index (κ3) is 5.85. The van der Waals surface area contributed by atoms with Gasteiger partial charge >= 0.3 is 0 Å². The van der Waals surface area contributed by atoms with Crippen LogP contribution in [0.25, 0.3) is 23.2 Å². The van der Waals surface area contributed by atoms with Gasteiger partial charge in [-0.25, -0.2) is 0 Å². The molecule has 0 fully saturated rings. The van der Waals surface area contributed by atoms with Crippen molar-refractivity contribution < 1.29 is 9.47 Å². The predicted molar refractivity (Wildman–Crippen MR) is 139 cm³/mol. The minimum absolute atomic E-state index is 0.200. The highest BCUT2D eigenvalue weighted by molar-refractivity contribution is 7.15. The fourth-order valence-corrected chi connectivity index (χ4v) is 4.46. The Labute approximate surface area is 207 Å². The van der Waals surface area contributed by atoms with Gasteiger partial charge in [-0.1, -0.05) is 73.4 Å². The lowest BCUT2D eigenvalue weighted by Crippen LogP contribution is -2.23. The van der Waals surface area contributed by atoms with E-state index >= 15 is 0 Å². The first-order chi connectivity index (χ1) is 16.6. The molecule has 0 atom stereocenters. The Morgan fingerprint density at radius 1 is 1.03 bits per heavy atom. The topological polar surface area (TPSA) is 65.7 Å². The molecule has 0 aliphatic heterocycles. The van der Waals surface area contributed by atoms with Crippen molar-refractivity contribution in [2.24, 2.45) is 0 Å². The number of nitrogens with zero attached hydrogens (tertiary/aromatic N) is 3. The minimum atomic E-state index is -0.200. The van der Waals surface area contributed by atoms with Crippen LogP contribution < -0.4 is 19.6 Å². The summed E-state index contributed by atoms with van der Waals surface area (Å²) in [6, 6.07) is 13.1. The maximum absolute atomic E-state index is 12.9. The van der Waals surface area contributed by atoms with Crippen molar-refractivity contribution in [2.45, 2.75) is 32.6 Å². The van der Waals surface area contributed by atoms with Gasteiger partial charge < -0.3 is 9.47 Å². The molecule has 4 rings (SSSR count). The van der Waals surface area contributed by atoms with Crippen molar-refractivity contribution in [3.63, 3.8) is 0 Å². The molecule has 0 aliphatic rings. The molecule has 34 heavy (non-hydrogen) atoms. The molecule has 0 N–H and O–H groups in total. The highest BCUT2D eigenvalue weighted by Gasteiger charge is 2.10. The first kappa shape index (κ1) is 24.0. The maximum atomic E-state index is 12.9. The first-order valence-electron chi connectivity index (χ1n) is 11.2. The maximum Gasteiger partial charge on any atom is 0.291 e. The smallest absolute Gasteiger partial charge is 0.291 e. The summed E-state index contributed by atoms with van der Waals surface area (Å²) >= 11 is 7.22. The molecule has 0 amide bonds. The Bertz CT molecular complexity index is 1390. The molecule has 8 heteroatoms. The van der Waals surface area contributed by atoms with E-state index < -0.39 is 0 Å². The first-order valence-corrected chi connectivity index (χ1v) is 12.4. The molecule has 2 aromatic carbocycles. The summed E-state index contributed by atoms with van der Waals surface area (Å²) in [6.45, 7) is 2.85. The van der Waals surface area contributed by atoms with Gasteiger partial charge in [0.15, 0.2) is 17.3 Å². The number of ether oxygens (including phenoxy) is 2. The highest BCUT2D eigenvalue weighted by atomic mass is 35.5. The summed E-state index contributed by atoms with van der Waals surface area (Å²) in [4.78, 5) is 17.9. The van der Waals surface area contributed by atoms with Crippen LogP contribution in [-0.2, 0) is 0 Å². The van der Waals surface area contributed by atoms with Gasteiger partial charge in [0.1, 0.15) is 0 Å². The van der Waals surface area contributed by atoms with E-state index in [0.717, 1.165) is 24.0 Å². The second-order valence-electron chi connectivity index (χ2n) is 7.78. The molecule has 6 nitrogen and oxygen atoms in total. The largest absolute Gasteiger partial charge is 0.493 e. The number of hydrogen-bond acceptors (Lipinski definition) is 6. The molecule has 4 aromatic rings. The molecular weight excluding hydrogens is 470 g/mol. The van der Waals surface area contributed by atoms with Crippen LogP contribution in [0.15, 0.2) is 47.3 Å². The van der Waals surface area contributed by atoms with Gasteiger partial charge in [0, 0.05) is 5.02 Å². The molecule has 0 saturated carbocycles. The van der Waals surface area contributed by atoms with Crippen LogP contribution in [0.3, 0.4) is 0 Å². The summed E-state index contributed by atoms with van der Waals surface area (Å²) in [7, 11) is 1.62. The van der Waals surface area contributed by atoms with Crippen molar-refractivity contribution in [3.8, 4) is 11.5 Å². The number of halogens is 1. The van der Waals surface area contributed by atoms with Crippen LogP contribution in [0.2, 0.25) is 5.02 Å². The highest BCUT2D eigenvalue weighted by Crippen LogP contribution is 2.28. The zero-order valence-corrected chi connectivity index (χ0v) is 20.7. The summed E-state index contributed by atoms with van der Waals surface area (Å²) in [5, 5.41) is 5.02. The van der Waals surface area contributed by atoms with E-state index in [2.05, 4.69) is 17.0 Å². The number of rotatable bonds is 10. The van der Waals surface area contributed by atoms with Gasteiger partial charge in [0.2, 0.25) is 4.96 Å². The third-order valence-electron chi connectivity index (χ3n) is 5.23. The fraction of sp³-hybridized carbons (Fsp3) is 0.269. The number of thiazole rings is 1. The van der Waals surface area contributed by atoms with Crippen molar-refractivity contribution in [2.75, 3.05) is 13.7 Å². The van der Waals surface area contributed by atoms with Gasteiger partial charge in [-0.2, -0.15) is 9.50 Å². The van der Waals surface area contributed by atoms with Gasteiger partial charge in [0.05, 0.1) is 18.2 Å². The second kappa shape index (κ2) is 11.3. The van der Waals surface area contributed by atoms with Crippen molar-refractivity contribution in [3.05, 3.63) is 79.3 Å². The number of unbranched alkanes of at least 4 members (excludes halogenated alkanes) is 3. The van der Waals surface area contributed by atoms with E-state index in [9.17, 15) is 4.79 Å². The van der Waals surface area contributed by atoms with E-state index in [0.29, 0.717) is 38.4 Å². The van der Waals surface area contributed by atoms with Crippen LogP contribution >= 0.6 is 22.9 Å². The van der Waals surface area contributed by atoms with Gasteiger partial charge in [-0.05, 0) is 54.0 Å². The average Bonchev–Trinajstić information content (AvgIpc) is 3.37. The Kier molecular flexibility index (Phi) is 7.98. The van der Waals surface area contributed by atoms with Gasteiger partial charge in [0.25, 0.3) is 5.56 Å². The quantitative estimate of drug-likeness (QED) is 0.272. The molecule has 2 heterocycles. The summed E-state index contributed by atoms with van der Waals surface area (Å²) in [5.41, 5.74) is 1.62. The second-order valence-corrected chi connectivity index (χ2v) is 9.23. The zero-order chi connectivity index (χ0) is 23.9. The van der Waals surface area contributed by atoms with E-state index in [1.165, 1.54) is 28.7 Å². The molecule has 0 bridgehead atoms. The average molecular weight is 496 g/mol. The summed E-state index contributed by atoms with van der Waals surface area (Å²) < 4.78 is 13.3. The van der Waals surface area contributed by atoms with Crippen LogP contribution in [0, 0.1) is 0 Å². The van der Waals surface area contributed by atoms with E-state index in [1.807, 2.05) is 54.6 Å². The van der Waals surface area contributed by atoms with Gasteiger partial charge in [-0.3, -0.25) is 4.79 Å². The van der Waals surface area contributed by atoms with Crippen molar-refractivity contribution in [1.29, 1.82) is 0 Å². The fourth-order valence-electron chi connectivity index (χ4n) is 3.42. The lowest BCUT2D eigenvalue weighted by atomic mass is 10.2.